The van der Waals surface area contributed by atoms with Crippen molar-refractivity contribution in [2.45, 2.75) is 70.5 Å². The molecule has 1 nitrogen and oxygen atoms in total. The van der Waals surface area contributed by atoms with Gasteiger partial charge in [-0.05, 0) is 31.4 Å². The van der Waals surface area contributed by atoms with Crippen molar-refractivity contribution in [1.29, 1.82) is 0 Å². The van der Waals surface area contributed by atoms with Gasteiger partial charge in [0, 0.05) is 17.1 Å². The Morgan fingerprint density at radius 2 is 2.12 bits per heavy atom. The predicted molar refractivity (Wildman–Crippen MR) is 73.0 cm³/mol. The maximum Gasteiger partial charge on any atom is 0.136 e. The quantitative estimate of drug-likeness (QED) is 0.640. The number of carbonyl (C=O) groups is 1. The van der Waals surface area contributed by atoms with Gasteiger partial charge in [-0.25, -0.2) is 0 Å². The molecule has 0 N–H and O–H groups in total. The summed E-state index contributed by atoms with van der Waals surface area (Å²) in [5.74, 6) is 2.07. The number of thioether (sulfide) groups is 1. The molecule has 1 fully saturated rings. The Morgan fingerprint density at radius 1 is 1.38 bits per heavy atom. The minimum absolute atomic E-state index is 0.364. The Hall–Kier alpha value is 0.0200. The fourth-order valence-corrected chi connectivity index (χ4v) is 3.82. The van der Waals surface area contributed by atoms with E-state index in [0.717, 1.165) is 25.7 Å². The molecule has 0 radical (unpaired) electrons. The number of Topliss-reactive ketones (excluding diaryl/α,β-unsaturated/α-hetero) is 1. The van der Waals surface area contributed by atoms with Gasteiger partial charge in [-0.1, -0.05) is 33.6 Å². The van der Waals surface area contributed by atoms with Crippen molar-refractivity contribution in [1.82, 2.24) is 0 Å². The highest BCUT2D eigenvalue weighted by molar-refractivity contribution is 8.00. The van der Waals surface area contributed by atoms with E-state index in [4.69, 9.17) is 0 Å². The molecular weight excluding hydrogens is 216 g/mol. The summed E-state index contributed by atoms with van der Waals surface area (Å²) < 4.78 is 0.364. The first kappa shape index (κ1) is 14.1. The topological polar surface area (TPSA) is 17.1 Å². The van der Waals surface area contributed by atoms with E-state index in [1.807, 2.05) is 0 Å². The molecule has 1 heterocycles. The lowest BCUT2D eigenvalue weighted by atomic mass is 9.86. The average molecular weight is 242 g/mol. The third kappa shape index (κ3) is 4.12. The second kappa shape index (κ2) is 6.68. The number of unbranched alkanes of at least 4 members (excludes halogenated alkanes) is 2. The van der Waals surface area contributed by atoms with Gasteiger partial charge in [0.2, 0.25) is 0 Å². The van der Waals surface area contributed by atoms with Gasteiger partial charge in [-0.2, -0.15) is 11.8 Å². The first-order chi connectivity index (χ1) is 7.61. The van der Waals surface area contributed by atoms with E-state index in [9.17, 15) is 4.79 Å². The molecule has 16 heavy (non-hydrogen) atoms. The van der Waals surface area contributed by atoms with E-state index in [2.05, 4.69) is 32.5 Å². The molecule has 1 rings (SSSR count). The Labute approximate surface area is 105 Å². The molecule has 2 atom stereocenters. The van der Waals surface area contributed by atoms with Crippen LogP contribution in [0.2, 0.25) is 0 Å². The van der Waals surface area contributed by atoms with Gasteiger partial charge < -0.3 is 0 Å². The summed E-state index contributed by atoms with van der Waals surface area (Å²) in [5.41, 5.74) is 0. The van der Waals surface area contributed by atoms with E-state index in [1.54, 1.807) is 0 Å². The molecule has 1 aliphatic heterocycles. The Kier molecular flexibility index (Phi) is 5.88. The molecule has 0 spiro atoms. The second-order valence-corrected chi connectivity index (χ2v) is 6.95. The zero-order valence-corrected chi connectivity index (χ0v) is 11.9. The number of hydrogen-bond acceptors (Lipinski definition) is 2. The van der Waals surface area contributed by atoms with Crippen molar-refractivity contribution in [3.63, 3.8) is 0 Å². The van der Waals surface area contributed by atoms with Crippen LogP contribution in [0.3, 0.4) is 0 Å². The van der Waals surface area contributed by atoms with Crippen LogP contribution in [0.4, 0.5) is 0 Å². The lowest BCUT2D eigenvalue weighted by Gasteiger charge is -2.36. The third-order valence-electron chi connectivity index (χ3n) is 3.82. The zero-order chi connectivity index (χ0) is 12.0. The smallest absolute Gasteiger partial charge is 0.136 e. The van der Waals surface area contributed by atoms with Crippen molar-refractivity contribution < 1.29 is 4.79 Å². The standard InChI is InChI=1S/C14H26OS/c1-4-6-7-8-13(15)12-9-10-16-14(3,5-2)11-12/h12H,4-11H2,1-3H3. The van der Waals surface area contributed by atoms with Crippen molar-refractivity contribution in [2.24, 2.45) is 5.92 Å². The summed E-state index contributed by atoms with van der Waals surface area (Å²) in [4.78, 5) is 12.1. The Morgan fingerprint density at radius 3 is 2.75 bits per heavy atom. The number of carbonyl (C=O) groups excluding carboxylic acids is 1. The van der Waals surface area contributed by atoms with E-state index in [1.165, 1.54) is 25.0 Å². The normalized spacial score (nSPS) is 30.3. The minimum Gasteiger partial charge on any atom is -0.299 e. The fourth-order valence-electron chi connectivity index (χ4n) is 2.40. The molecule has 0 aromatic carbocycles. The van der Waals surface area contributed by atoms with Gasteiger partial charge in [0.15, 0.2) is 0 Å². The van der Waals surface area contributed by atoms with Crippen LogP contribution in [-0.4, -0.2) is 16.3 Å². The van der Waals surface area contributed by atoms with Gasteiger partial charge in [0.25, 0.3) is 0 Å². The van der Waals surface area contributed by atoms with E-state index >= 15 is 0 Å². The maximum atomic E-state index is 12.1. The minimum atomic E-state index is 0.364. The summed E-state index contributed by atoms with van der Waals surface area (Å²) in [5, 5.41) is 0. The molecule has 0 aliphatic carbocycles. The lowest BCUT2D eigenvalue weighted by molar-refractivity contribution is -0.123. The SMILES string of the molecule is CCCCCC(=O)C1CCSC(C)(CC)C1. The molecule has 0 aromatic heterocycles. The van der Waals surface area contributed by atoms with E-state index in [0.29, 0.717) is 16.4 Å². The van der Waals surface area contributed by atoms with Gasteiger partial charge in [-0.3, -0.25) is 4.79 Å². The molecule has 0 bridgehead atoms. The highest BCUT2D eigenvalue weighted by Crippen LogP contribution is 2.41. The first-order valence-electron chi connectivity index (χ1n) is 6.78. The molecule has 0 amide bonds. The number of ketones is 1. The second-order valence-electron chi connectivity index (χ2n) is 5.27. The summed E-state index contributed by atoms with van der Waals surface area (Å²) in [6.07, 6.45) is 7.75. The molecule has 1 saturated heterocycles. The zero-order valence-electron chi connectivity index (χ0n) is 11.1. The highest BCUT2D eigenvalue weighted by Gasteiger charge is 2.34. The predicted octanol–water partition coefficient (Wildman–Crippen LogP) is 4.45. The van der Waals surface area contributed by atoms with E-state index in [-0.39, 0.29) is 0 Å². The molecular formula is C14H26OS. The van der Waals surface area contributed by atoms with Gasteiger partial charge in [-0.15, -0.1) is 0 Å². The Bertz CT molecular complexity index is 227. The van der Waals surface area contributed by atoms with Crippen LogP contribution < -0.4 is 0 Å². The van der Waals surface area contributed by atoms with Gasteiger partial charge in [0.05, 0.1) is 0 Å². The van der Waals surface area contributed by atoms with Crippen LogP contribution in [0.25, 0.3) is 0 Å². The fraction of sp³-hybridized carbons (Fsp3) is 0.929. The number of rotatable bonds is 6. The largest absolute Gasteiger partial charge is 0.299 e. The molecule has 2 unspecified atom stereocenters. The third-order valence-corrected chi connectivity index (χ3v) is 5.42. The molecule has 0 aromatic rings. The van der Waals surface area contributed by atoms with Crippen LogP contribution in [0.1, 0.15) is 65.7 Å². The van der Waals surface area contributed by atoms with Gasteiger partial charge in [0.1, 0.15) is 5.78 Å². The van der Waals surface area contributed by atoms with Crippen molar-refractivity contribution >= 4 is 17.5 Å². The van der Waals surface area contributed by atoms with Crippen molar-refractivity contribution in [3.05, 3.63) is 0 Å². The first-order valence-corrected chi connectivity index (χ1v) is 7.76. The molecule has 1 aliphatic rings. The monoisotopic (exact) mass is 242 g/mol. The summed E-state index contributed by atoms with van der Waals surface area (Å²) in [6.45, 7) is 6.76. The molecule has 2 heteroatoms. The molecule has 0 saturated carbocycles. The lowest BCUT2D eigenvalue weighted by Crippen LogP contribution is -2.32. The van der Waals surface area contributed by atoms with Crippen LogP contribution in [0, 0.1) is 5.92 Å². The average Bonchev–Trinajstić information content (AvgIpc) is 2.29. The van der Waals surface area contributed by atoms with Crippen LogP contribution >= 0.6 is 11.8 Å². The number of hydrogen-bond donors (Lipinski definition) is 0. The molecule has 94 valence electrons. The van der Waals surface area contributed by atoms with Crippen LogP contribution in [0.15, 0.2) is 0 Å². The highest BCUT2D eigenvalue weighted by atomic mass is 32.2. The summed E-state index contributed by atoms with van der Waals surface area (Å²) in [6, 6.07) is 0. The Balaban J connectivity index is 2.38. The van der Waals surface area contributed by atoms with Crippen molar-refractivity contribution in [2.75, 3.05) is 5.75 Å². The van der Waals surface area contributed by atoms with Gasteiger partial charge >= 0.3 is 0 Å². The van der Waals surface area contributed by atoms with Crippen LogP contribution in [-0.2, 0) is 4.79 Å². The summed E-state index contributed by atoms with van der Waals surface area (Å²) >= 11 is 2.06. The maximum absolute atomic E-state index is 12.1. The van der Waals surface area contributed by atoms with E-state index < -0.39 is 0 Å². The van der Waals surface area contributed by atoms with Crippen molar-refractivity contribution in [3.8, 4) is 0 Å². The summed E-state index contributed by atoms with van der Waals surface area (Å²) in [7, 11) is 0. The van der Waals surface area contributed by atoms with Crippen LogP contribution in [0.5, 0.6) is 0 Å².